The monoisotopic (exact) mass is 381 g/mol. The lowest BCUT2D eigenvalue weighted by molar-refractivity contribution is -0.384. The Labute approximate surface area is 159 Å². The van der Waals surface area contributed by atoms with Gasteiger partial charge < -0.3 is 10.5 Å². The Hall–Kier alpha value is -3.48. The average Bonchev–Trinajstić information content (AvgIpc) is 3.11. The summed E-state index contributed by atoms with van der Waals surface area (Å²) in [5.41, 5.74) is 13.6. The number of allylic oxidation sites excluding steroid dienone is 1. The van der Waals surface area contributed by atoms with E-state index in [2.05, 4.69) is 16.9 Å². The van der Waals surface area contributed by atoms with Crippen molar-refractivity contribution in [2.24, 2.45) is 11.7 Å². The summed E-state index contributed by atoms with van der Waals surface area (Å²) in [4.78, 5) is 10.7. The number of benzene rings is 2. The minimum absolute atomic E-state index is 0.00654. The van der Waals surface area contributed by atoms with E-state index in [9.17, 15) is 19.8 Å². The Kier molecular flexibility index (Phi) is 4.43. The summed E-state index contributed by atoms with van der Waals surface area (Å²) in [6.07, 6.45) is -0.559. The Morgan fingerprint density at radius 2 is 1.93 bits per heavy atom. The third-order valence-electron chi connectivity index (χ3n) is 5.12. The van der Waals surface area contributed by atoms with E-state index < -0.39 is 23.1 Å². The second-order valence-corrected chi connectivity index (χ2v) is 6.65. The molecular formula is C19H16FN5O3. The molecular weight excluding hydrogens is 365 g/mol. The third-order valence-corrected chi connectivity index (χ3v) is 5.12. The summed E-state index contributed by atoms with van der Waals surface area (Å²) >= 11 is 0. The third kappa shape index (κ3) is 2.94. The Bertz CT molecular complexity index is 1000. The number of nitro groups is 1. The van der Waals surface area contributed by atoms with Crippen molar-refractivity contribution in [1.82, 2.24) is 10.9 Å². The summed E-state index contributed by atoms with van der Waals surface area (Å²) in [6, 6.07) is 13.8. The fourth-order valence-electron chi connectivity index (χ4n) is 3.88. The molecule has 2 aromatic rings. The number of hydrazine groups is 1. The van der Waals surface area contributed by atoms with Crippen LogP contribution < -0.4 is 16.6 Å². The van der Waals surface area contributed by atoms with E-state index in [1.165, 1.54) is 24.3 Å². The van der Waals surface area contributed by atoms with Crippen LogP contribution in [-0.2, 0) is 4.74 Å². The van der Waals surface area contributed by atoms with E-state index in [-0.39, 0.29) is 28.9 Å². The highest BCUT2D eigenvalue weighted by molar-refractivity contribution is 5.44. The van der Waals surface area contributed by atoms with Crippen LogP contribution in [0.15, 0.2) is 60.0 Å². The highest BCUT2D eigenvalue weighted by Crippen LogP contribution is 2.47. The highest BCUT2D eigenvalue weighted by atomic mass is 19.1. The predicted molar refractivity (Wildman–Crippen MR) is 96.4 cm³/mol. The molecule has 4 N–H and O–H groups in total. The molecule has 4 atom stereocenters. The number of non-ortho nitro benzene ring substituents is 1. The number of nitrogens with zero attached hydrogens (tertiary/aromatic N) is 2. The maximum atomic E-state index is 13.4. The number of nitro benzene ring substituents is 1. The molecule has 4 unspecified atom stereocenters. The first kappa shape index (κ1) is 17.9. The van der Waals surface area contributed by atoms with Crippen molar-refractivity contribution in [3.8, 4) is 6.07 Å². The first-order chi connectivity index (χ1) is 13.5. The van der Waals surface area contributed by atoms with E-state index in [1.807, 2.05) is 0 Å². The second-order valence-electron chi connectivity index (χ2n) is 6.65. The summed E-state index contributed by atoms with van der Waals surface area (Å²) in [6.45, 7) is 0. The topological polar surface area (TPSA) is 126 Å². The summed E-state index contributed by atoms with van der Waals surface area (Å²) in [5.74, 6) is -1.20. The van der Waals surface area contributed by atoms with Gasteiger partial charge in [0.05, 0.1) is 16.5 Å². The van der Waals surface area contributed by atoms with Crippen LogP contribution in [0.1, 0.15) is 23.1 Å². The molecule has 0 amide bonds. The van der Waals surface area contributed by atoms with Gasteiger partial charge >= 0.3 is 0 Å². The van der Waals surface area contributed by atoms with Crippen LogP contribution in [-0.4, -0.2) is 11.2 Å². The Morgan fingerprint density at radius 3 is 2.61 bits per heavy atom. The van der Waals surface area contributed by atoms with Gasteiger partial charge in [0.1, 0.15) is 11.9 Å². The minimum Gasteiger partial charge on any atom is -0.458 e. The molecule has 9 heteroatoms. The largest absolute Gasteiger partial charge is 0.458 e. The van der Waals surface area contributed by atoms with Gasteiger partial charge in [0, 0.05) is 24.0 Å². The fraction of sp³-hybridized carbons (Fsp3) is 0.211. The predicted octanol–water partition coefficient (Wildman–Crippen LogP) is 2.33. The zero-order valence-electron chi connectivity index (χ0n) is 14.5. The lowest BCUT2D eigenvalue weighted by Gasteiger charge is -2.35. The standard InChI is InChI=1S/C19H16FN5O3/c20-12-6-4-10(5-7-12)15-14(9-21)18(22)28-19-16(15)17(23-24-19)11-2-1-3-13(8-11)25(26)27/h1-8,15-17,19,23-24H,22H2. The molecule has 2 aromatic carbocycles. The maximum Gasteiger partial charge on any atom is 0.269 e. The molecule has 0 saturated carbocycles. The lowest BCUT2D eigenvalue weighted by atomic mass is 9.74. The second kappa shape index (κ2) is 6.92. The maximum absolute atomic E-state index is 13.4. The van der Waals surface area contributed by atoms with Crippen LogP contribution in [0.5, 0.6) is 0 Å². The smallest absolute Gasteiger partial charge is 0.269 e. The Morgan fingerprint density at radius 1 is 1.18 bits per heavy atom. The van der Waals surface area contributed by atoms with Gasteiger partial charge in [0.25, 0.3) is 5.69 Å². The quantitative estimate of drug-likeness (QED) is 0.550. The fourth-order valence-corrected chi connectivity index (χ4v) is 3.88. The Balaban J connectivity index is 1.81. The molecule has 0 aliphatic carbocycles. The molecule has 28 heavy (non-hydrogen) atoms. The van der Waals surface area contributed by atoms with Crippen molar-refractivity contribution in [3.05, 3.63) is 87.0 Å². The van der Waals surface area contributed by atoms with Crippen molar-refractivity contribution in [1.29, 1.82) is 5.26 Å². The minimum atomic E-state index is -0.559. The zero-order valence-corrected chi connectivity index (χ0v) is 14.5. The van der Waals surface area contributed by atoms with Crippen LogP contribution in [0.3, 0.4) is 0 Å². The van der Waals surface area contributed by atoms with Crippen molar-refractivity contribution >= 4 is 5.69 Å². The number of nitrogens with one attached hydrogen (secondary N) is 2. The number of nitriles is 1. The highest BCUT2D eigenvalue weighted by Gasteiger charge is 2.49. The number of fused-ring (bicyclic) bond motifs is 1. The van der Waals surface area contributed by atoms with Crippen LogP contribution >= 0.6 is 0 Å². The number of ether oxygens (including phenoxy) is 1. The average molecular weight is 381 g/mol. The van der Waals surface area contributed by atoms with Crippen molar-refractivity contribution in [3.63, 3.8) is 0 Å². The van der Waals surface area contributed by atoms with Crippen LogP contribution in [0.4, 0.5) is 10.1 Å². The van der Waals surface area contributed by atoms with E-state index >= 15 is 0 Å². The normalized spacial score (nSPS) is 26.3. The van der Waals surface area contributed by atoms with E-state index in [0.717, 1.165) is 0 Å². The molecule has 0 spiro atoms. The van der Waals surface area contributed by atoms with Crippen LogP contribution in [0, 0.1) is 33.2 Å². The van der Waals surface area contributed by atoms with Crippen LogP contribution in [0.2, 0.25) is 0 Å². The van der Waals surface area contributed by atoms with Gasteiger partial charge in [-0.15, -0.1) is 0 Å². The number of rotatable bonds is 3. The van der Waals surface area contributed by atoms with Crippen molar-refractivity contribution in [2.75, 3.05) is 0 Å². The SMILES string of the molecule is N#CC1=C(N)OC2NNC(c3cccc([N+](=O)[O-])c3)C2C1c1ccc(F)cc1. The first-order valence-electron chi connectivity index (χ1n) is 8.57. The molecule has 1 saturated heterocycles. The molecule has 1 fully saturated rings. The molecule has 0 bridgehead atoms. The van der Waals surface area contributed by atoms with E-state index in [0.29, 0.717) is 11.1 Å². The molecule has 8 nitrogen and oxygen atoms in total. The molecule has 2 aliphatic heterocycles. The summed E-state index contributed by atoms with van der Waals surface area (Å²) in [5, 5.41) is 20.8. The van der Waals surface area contributed by atoms with Gasteiger partial charge in [0.15, 0.2) is 6.23 Å². The molecule has 142 valence electrons. The van der Waals surface area contributed by atoms with Crippen molar-refractivity contribution in [2.45, 2.75) is 18.2 Å². The van der Waals surface area contributed by atoms with Gasteiger partial charge in [-0.05, 0) is 23.3 Å². The number of hydrogen-bond donors (Lipinski definition) is 3. The molecule has 2 aliphatic rings. The van der Waals surface area contributed by atoms with Gasteiger partial charge in [-0.25, -0.2) is 15.2 Å². The summed E-state index contributed by atoms with van der Waals surface area (Å²) < 4.78 is 19.1. The van der Waals surface area contributed by atoms with Crippen molar-refractivity contribution < 1.29 is 14.1 Å². The summed E-state index contributed by atoms with van der Waals surface area (Å²) in [7, 11) is 0. The number of nitrogens with two attached hydrogens (primary N) is 1. The van der Waals surface area contributed by atoms with Gasteiger partial charge in [-0.3, -0.25) is 10.1 Å². The first-order valence-corrected chi connectivity index (χ1v) is 8.57. The van der Waals surface area contributed by atoms with Gasteiger partial charge in [-0.2, -0.15) is 5.26 Å². The van der Waals surface area contributed by atoms with Gasteiger partial charge in [-0.1, -0.05) is 24.3 Å². The molecule has 2 heterocycles. The lowest BCUT2D eigenvalue weighted by Crippen LogP contribution is -2.40. The molecule has 0 radical (unpaired) electrons. The van der Waals surface area contributed by atoms with E-state index in [4.69, 9.17) is 10.5 Å². The van der Waals surface area contributed by atoms with E-state index in [1.54, 1.807) is 24.3 Å². The number of halogens is 1. The zero-order chi connectivity index (χ0) is 19.8. The molecule has 0 aromatic heterocycles. The molecule has 4 rings (SSSR count). The number of hydrogen-bond acceptors (Lipinski definition) is 7. The van der Waals surface area contributed by atoms with Gasteiger partial charge in [0.2, 0.25) is 5.88 Å². The van der Waals surface area contributed by atoms with Crippen LogP contribution in [0.25, 0.3) is 0 Å².